The van der Waals surface area contributed by atoms with E-state index in [2.05, 4.69) is 157 Å². The zero-order chi connectivity index (χ0) is 33.7. The molecular formula is C47H30N2O2. The van der Waals surface area contributed by atoms with Crippen molar-refractivity contribution in [2.75, 3.05) is 4.90 Å². The molecule has 0 aliphatic rings. The maximum Gasteiger partial charge on any atom is 0.227 e. The predicted octanol–water partition coefficient (Wildman–Crippen LogP) is 13.4. The fourth-order valence-corrected chi connectivity index (χ4v) is 7.23. The third-order valence-corrected chi connectivity index (χ3v) is 9.72. The molecule has 240 valence electrons. The van der Waals surface area contributed by atoms with Crippen molar-refractivity contribution in [3.05, 3.63) is 182 Å². The second-order valence-electron chi connectivity index (χ2n) is 12.8. The average molecular weight is 655 g/mol. The third-order valence-electron chi connectivity index (χ3n) is 9.72. The number of para-hydroxylation sites is 2. The SMILES string of the molecule is c1ccc(-c2ccc(N(c3ccc(-c4cccc5nc(-c6cccc7ccccc67)oc45)cc3)c3ccc4c(c3)oc3ccccc34)cc2)cc1. The topological polar surface area (TPSA) is 42.4 Å². The van der Waals surface area contributed by atoms with Crippen LogP contribution in [-0.2, 0) is 0 Å². The molecule has 51 heavy (non-hydrogen) atoms. The van der Waals surface area contributed by atoms with Crippen molar-refractivity contribution in [3.63, 3.8) is 0 Å². The molecule has 0 fully saturated rings. The first-order valence-electron chi connectivity index (χ1n) is 17.1. The third kappa shape index (κ3) is 5.04. The van der Waals surface area contributed by atoms with Gasteiger partial charge in [-0.1, -0.05) is 121 Å². The lowest BCUT2D eigenvalue weighted by molar-refractivity contribution is 0.621. The summed E-state index contributed by atoms with van der Waals surface area (Å²) in [5.41, 5.74) is 11.8. The van der Waals surface area contributed by atoms with Crippen LogP contribution in [0, 0.1) is 0 Å². The van der Waals surface area contributed by atoms with Crippen molar-refractivity contribution in [1.29, 1.82) is 0 Å². The van der Waals surface area contributed by atoms with E-state index in [0.29, 0.717) is 5.89 Å². The number of nitrogens with zero attached hydrogens (tertiary/aromatic N) is 2. The van der Waals surface area contributed by atoms with E-state index in [1.807, 2.05) is 30.3 Å². The molecule has 0 unspecified atom stereocenters. The Bertz CT molecular complexity index is 2840. The quantitative estimate of drug-likeness (QED) is 0.179. The molecule has 0 amide bonds. The molecule has 0 radical (unpaired) electrons. The second-order valence-corrected chi connectivity index (χ2v) is 12.8. The van der Waals surface area contributed by atoms with Gasteiger partial charge in [-0.15, -0.1) is 0 Å². The highest BCUT2D eigenvalue weighted by atomic mass is 16.3. The molecule has 10 aromatic rings. The fourth-order valence-electron chi connectivity index (χ4n) is 7.23. The van der Waals surface area contributed by atoms with Crippen LogP contribution in [0.25, 0.3) is 77.5 Å². The monoisotopic (exact) mass is 654 g/mol. The van der Waals surface area contributed by atoms with E-state index < -0.39 is 0 Å². The van der Waals surface area contributed by atoms with Gasteiger partial charge in [0.2, 0.25) is 5.89 Å². The van der Waals surface area contributed by atoms with Gasteiger partial charge in [0.1, 0.15) is 16.7 Å². The Morgan fingerprint density at radius 3 is 1.82 bits per heavy atom. The number of oxazole rings is 1. The van der Waals surface area contributed by atoms with Crippen LogP contribution in [0.3, 0.4) is 0 Å². The number of fused-ring (bicyclic) bond motifs is 5. The summed E-state index contributed by atoms with van der Waals surface area (Å²) < 4.78 is 12.9. The van der Waals surface area contributed by atoms with Gasteiger partial charge in [0, 0.05) is 45.0 Å². The molecule has 4 nitrogen and oxygen atoms in total. The Balaban J connectivity index is 1.06. The van der Waals surface area contributed by atoms with Crippen LogP contribution in [0.4, 0.5) is 17.1 Å². The summed E-state index contributed by atoms with van der Waals surface area (Å²) >= 11 is 0. The maximum absolute atomic E-state index is 6.55. The lowest BCUT2D eigenvalue weighted by Gasteiger charge is -2.26. The van der Waals surface area contributed by atoms with Gasteiger partial charge in [-0.25, -0.2) is 4.98 Å². The highest BCUT2D eigenvalue weighted by molar-refractivity contribution is 6.06. The Labute approximate surface area is 294 Å². The minimum atomic E-state index is 0.622. The van der Waals surface area contributed by atoms with Crippen molar-refractivity contribution >= 4 is 60.9 Å². The summed E-state index contributed by atoms with van der Waals surface area (Å²) in [6.45, 7) is 0. The van der Waals surface area contributed by atoms with E-state index in [4.69, 9.17) is 13.8 Å². The van der Waals surface area contributed by atoms with E-state index >= 15 is 0 Å². The van der Waals surface area contributed by atoms with Crippen LogP contribution in [0.1, 0.15) is 0 Å². The summed E-state index contributed by atoms with van der Waals surface area (Å²) in [4.78, 5) is 7.21. The van der Waals surface area contributed by atoms with Crippen molar-refractivity contribution in [3.8, 4) is 33.7 Å². The van der Waals surface area contributed by atoms with Gasteiger partial charge in [0.15, 0.2) is 5.58 Å². The van der Waals surface area contributed by atoms with Crippen LogP contribution in [0.15, 0.2) is 191 Å². The molecule has 0 bridgehead atoms. The van der Waals surface area contributed by atoms with Crippen LogP contribution in [0.5, 0.6) is 0 Å². The molecule has 4 heteroatoms. The van der Waals surface area contributed by atoms with E-state index in [9.17, 15) is 0 Å². The van der Waals surface area contributed by atoms with Crippen LogP contribution in [-0.4, -0.2) is 4.98 Å². The Morgan fingerprint density at radius 1 is 0.392 bits per heavy atom. The van der Waals surface area contributed by atoms with Crippen molar-refractivity contribution in [2.24, 2.45) is 0 Å². The van der Waals surface area contributed by atoms with Gasteiger partial charge in [-0.05, 0) is 82.1 Å². The van der Waals surface area contributed by atoms with Crippen molar-refractivity contribution < 1.29 is 8.83 Å². The van der Waals surface area contributed by atoms with E-state index in [1.54, 1.807) is 0 Å². The van der Waals surface area contributed by atoms with Crippen LogP contribution < -0.4 is 4.90 Å². The summed E-state index contributed by atoms with van der Waals surface area (Å²) in [5.74, 6) is 0.622. The van der Waals surface area contributed by atoms with Crippen molar-refractivity contribution in [1.82, 2.24) is 4.98 Å². The van der Waals surface area contributed by atoms with Crippen molar-refractivity contribution in [2.45, 2.75) is 0 Å². The fraction of sp³-hybridized carbons (Fsp3) is 0. The minimum absolute atomic E-state index is 0.622. The number of hydrogen-bond donors (Lipinski definition) is 0. The summed E-state index contributed by atoms with van der Waals surface area (Å²) in [5, 5.41) is 4.50. The summed E-state index contributed by atoms with van der Waals surface area (Å²) in [6, 6.07) is 63.3. The maximum atomic E-state index is 6.55. The zero-order valence-electron chi connectivity index (χ0n) is 27.5. The number of furan rings is 1. The Morgan fingerprint density at radius 2 is 1.00 bits per heavy atom. The number of hydrogen-bond acceptors (Lipinski definition) is 4. The summed E-state index contributed by atoms with van der Waals surface area (Å²) in [7, 11) is 0. The largest absolute Gasteiger partial charge is 0.456 e. The number of rotatable bonds is 6. The van der Waals surface area contributed by atoms with Gasteiger partial charge in [0.25, 0.3) is 0 Å². The highest BCUT2D eigenvalue weighted by Crippen LogP contribution is 2.41. The van der Waals surface area contributed by atoms with Crippen LogP contribution in [0.2, 0.25) is 0 Å². The number of anilines is 3. The van der Waals surface area contributed by atoms with Crippen LogP contribution >= 0.6 is 0 Å². The first-order valence-corrected chi connectivity index (χ1v) is 17.1. The number of aromatic nitrogens is 1. The normalized spacial score (nSPS) is 11.5. The predicted molar refractivity (Wildman–Crippen MR) is 210 cm³/mol. The Hall–Kier alpha value is -6.91. The molecule has 2 aromatic heterocycles. The molecule has 0 spiro atoms. The van der Waals surface area contributed by atoms with Gasteiger partial charge >= 0.3 is 0 Å². The van der Waals surface area contributed by atoms with E-state index in [0.717, 1.165) is 77.6 Å². The second kappa shape index (κ2) is 11.9. The minimum Gasteiger partial charge on any atom is -0.456 e. The van der Waals surface area contributed by atoms with Gasteiger partial charge < -0.3 is 13.7 Å². The number of benzene rings is 8. The molecule has 0 aliphatic heterocycles. The highest BCUT2D eigenvalue weighted by Gasteiger charge is 2.18. The first kappa shape index (κ1) is 29.0. The Kier molecular flexibility index (Phi) is 6.78. The molecule has 0 saturated heterocycles. The standard InChI is InChI=1S/C47H30N2O2/c1-2-10-31(11-3-1)32-20-24-35(25-21-32)49(37-28-29-41-40-15-6-7-19-44(40)50-45(41)30-37)36-26-22-34(23-27-36)39-16-9-18-43-46(39)51-47(48-43)42-17-8-13-33-12-4-5-14-38(33)42/h1-30H. The molecule has 0 N–H and O–H groups in total. The molecule has 10 rings (SSSR count). The lowest BCUT2D eigenvalue weighted by Crippen LogP contribution is -2.09. The van der Waals surface area contributed by atoms with E-state index in [-0.39, 0.29) is 0 Å². The average Bonchev–Trinajstić information content (AvgIpc) is 3.80. The molecule has 8 aromatic carbocycles. The molecular weight excluding hydrogens is 625 g/mol. The lowest BCUT2D eigenvalue weighted by atomic mass is 10.0. The smallest absolute Gasteiger partial charge is 0.227 e. The molecule has 2 heterocycles. The van der Waals surface area contributed by atoms with E-state index in [1.165, 1.54) is 11.1 Å². The van der Waals surface area contributed by atoms with Gasteiger partial charge in [-0.2, -0.15) is 0 Å². The first-order chi connectivity index (χ1) is 25.3. The molecule has 0 saturated carbocycles. The molecule has 0 aliphatic carbocycles. The van der Waals surface area contributed by atoms with Gasteiger partial charge in [-0.3, -0.25) is 0 Å². The molecule has 0 atom stereocenters. The summed E-state index contributed by atoms with van der Waals surface area (Å²) in [6.07, 6.45) is 0. The van der Waals surface area contributed by atoms with Gasteiger partial charge in [0.05, 0.1) is 0 Å². The zero-order valence-corrected chi connectivity index (χ0v) is 27.5.